The van der Waals surface area contributed by atoms with Crippen molar-refractivity contribution in [3.05, 3.63) is 23.7 Å². The zero-order valence-electron chi connectivity index (χ0n) is 5.42. The van der Waals surface area contributed by atoms with E-state index in [1.165, 1.54) is 6.26 Å². The Bertz CT molecular complexity index is 225. The maximum absolute atomic E-state index is 10.2. The van der Waals surface area contributed by atoms with Crippen LogP contribution in [0, 0.1) is 6.92 Å². The molecule has 10 heavy (non-hydrogen) atoms. The van der Waals surface area contributed by atoms with Crippen molar-refractivity contribution in [1.29, 1.82) is 0 Å². The van der Waals surface area contributed by atoms with Crippen LogP contribution in [0.2, 0.25) is 0 Å². The van der Waals surface area contributed by atoms with Crippen LogP contribution in [-0.4, -0.2) is 16.6 Å². The van der Waals surface area contributed by atoms with E-state index < -0.39 is 5.97 Å². The fourth-order valence-electron chi connectivity index (χ4n) is 0.592. The van der Waals surface area contributed by atoms with Crippen LogP contribution in [0.4, 0.5) is 0 Å². The summed E-state index contributed by atoms with van der Waals surface area (Å²) in [5, 5.41) is 8.36. The first kappa shape index (κ1) is 8.71. The fourth-order valence-corrected chi connectivity index (χ4v) is 0.592. The predicted octanol–water partition coefficient (Wildman–Crippen LogP) is 0.462. The average molecular weight is 144 g/mol. The van der Waals surface area contributed by atoms with Gasteiger partial charge in [-0.2, -0.15) is 0 Å². The summed E-state index contributed by atoms with van der Waals surface area (Å²) in [5.41, 5.74) is 0.655. The summed E-state index contributed by atoms with van der Waals surface area (Å²) in [6, 6.07) is 1.61. The second-order valence-corrected chi connectivity index (χ2v) is 1.74. The van der Waals surface area contributed by atoms with Crippen LogP contribution in [0.25, 0.3) is 0 Å². The first-order valence-corrected chi connectivity index (χ1v) is 2.49. The normalized spacial score (nSPS) is 8.50. The van der Waals surface area contributed by atoms with Gasteiger partial charge in [0, 0.05) is 5.56 Å². The first-order valence-electron chi connectivity index (χ1n) is 2.49. The lowest BCUT2D eigenvalue weighted by atomic mass is 10.3. The molecule has 0 aliphatic heterocycles. The second kappa shape index (κ2) is 3.03. The van der Waals surface area contributed by atoms with Crippen LogP contribution in [0.1, 0.15) is 16.1 Å². The lowest BCUT2D eigenvalue weighted by Gasteiger charge is -1.85. The van der Waals surface area contributed by atoms with E-state index in [2.05, 4.69) is 4.42 Å². The fraction of sp³-hybridized carbons (Fsp3) is 0.167. The van der Waals surface area contributed by atoms with Gasteiger partial charge in [-0.3, -0.25) is 0 Å². The number of hydrogen-bond donors (Lipinski definition) is 1. The summed E-state index contributed by atoms with van der Waals surface area (Å²) in [7, 11) is 0. The highest BCUT2D eigenvalue weighted by Crippen LogP contribution is 2.07. The quantitative estimate of drug-likeness (QED) is 0.621. The molecule has 0 atom stereocenters. The van der Waals surface area contributed by atoms with E-state index >= 15 is 0 Å². The molecule has 4 nitrogen and oxygen atoms in total. The summed E-state index contributed by atoms with van der Waals surface area (Å²) in [5.74, 6) is -0.993. The highest BCUT2D eigenvalue weighted by atomic mass is 16.4. The minimum Gasteiger partial charge on any atom is -0.475 e. The van der Waals surface area contributed by atoms with Gasteiger partial charge < -0.3 is 15.0 Å². The molecule has 0 unspecified atom stereocenters. The highest BCUT2D eigenvalue weighted by Gasteiger charge is 2.08. The Morgan fingerprint density at radius 2 is 2.30 bits per heavy atom. The monoisotopic (exact) mass is 144 g/mol. The van der Waals surface area contributed by atoms with Gasteiger partial charge in [-0.25, -0.2) is 4.79 Å². The van der Waals surface area contributed by atoms with Crippen molar-refractivity contribution in [2.75, 3.05) is 0 Å². The number of furan rings is 1. The number of aryl methyl sites for hydroxylation is 1. The molecule has 0 radical (unpaired) electrons. The third-order valence-corrected chi connectivity index (χ3v) is 1.06. The highest BCUT2D eigenvalue weighted by molar-refractivity contribution is 5.85. The Morgan fingerprint density at radius 3 is 2.50 bits per heavy atom. The number of hydrogen-bond acceptors (Lipinski definition) is 2. The van der Waals surface area contributed by atoms with Gasteiger partial charge in [0.25, 0.3) is 0 Å². The molecule has 0 saturated carbocycles. The zero-order chi connectivity index (χ0) is 6.85. The number of carboxylic acid groups (broad SMARTS) is 1. The molecule has 0 aromatic carbocycles. The van der Waals surface area contributed by atoms with Gasteiger partial charge in [0.1, 0.15) is 0 Å². The van der Waals surface area contributed by atoms with Crippen molar-refractivity contribution in [1.82, 2.24) is 0 Å². The maximum atomic E-state index is 10.2. The summed E-state index contributed by atoms with van der Waals surface area (Å²) in [6.07, 6.45) is 1.36. The second-order valence-electron chi connectivity index (χ2n) is 1.74. The number of rotatable bonds is 1. The van der Waals surface area contributed by atoms with Gasteiger partial charge in [-0.1, -0.05) is 0 Å². The summed E-state index contributed by atoms with van der Waals surface area (Å²) in [6.45, 7) is 1.69. The summed E-state index contributed by atoms with van der Waals surface area (Å²) < 4.78 is 4.63. The smallest absolute Gasteiger partial charge is 0.372 e. The number of carbonyl (C=O) groups is 1. The van der Waals surface area contributed by atoms with E-state index in [0.717, 1.165) is 0 Å². The molecular formula is C6H8O4. The Balaban J connectivity index is 0.000000810. The van der Waals surface area contributed by atoms with E-state index in [1.54, 1.807) is 13.0 Å². The Kier molecular flexibility index (Phi) is 2.64. The molecule has 56 valence electrons. The van der Waals surface area contributed by atoms with Gasteiger partial charge in [0.05, 0.1) is 6.26 Å². The van der Waals surface area contributed by atoms with Crippen molar-refractivity contribution < 1.29 is 19.8 Å². The third kappa shape index (κ3) is 1.35. The minimum atomic E-state index is -1.02. The van der Waals surface area contributed by atoms with E-state index in [0.29, 0.717) is 5.56 Å². The van der Waals surface area contributed by atoms with Crippen LogP contribution in [0.3, 0.4) is 0 Å². The molecule has 1 heterocycles. The molecule has 0 amide bonds. The SMILES string of the molecule is Cc1ccoc1C(=O)O.O. The van der Waals surface area contributed by atoms with Gasteiger partial charge in [-0.05, 0) is 13.0 Å². The summed E-state index contributed by atoms with van der Waals surface area (Å²) in [4.78, 5) is 10.2. The molecule has 0 spiro atoms. The molecule has 3 N–H and O–H groups in total. The predicted molar refractivity (Wildman–Crippen MR) is 34.0 cm³/mol. The standard InChI is InChI=1S/C6H6O3.H2O/c1-4-2-3-9-5(4)6(7)8;/h2-3H,1H3,(H,7,8);1H2. The van der Waals surface area contributed by atoms with Crippen LogP contribution in [-0.2, 0) is 0 Å². The van der Waals surface area contributed by atoms with Crippen molar-refractivity contribution >= 4 is 5.97 Å². The van der Waals surface area contributed by atoms with E-state index in [-0.39, 0.29) is 11.2 Å². The Labute approximate surface area is 57.4 Å². The molecule has 0 fully saturated rings. The molecule has 1 aromatic rings. The van der Waals surface area contributed by atoms with Crippen LogP contribution in [0.15, 0.2) is 16.7 Å². The molecule has 0 aliphatic rings. The lowest BCUT2D eigenvalue weighted by molar-refractivity contribution is 0.0661. The van der Waals surface area contributed by atoms with Gasteiger partial charge in [-0.15, -0.1) is 0 Å². The van der Waals surface area contributed by atoms with Gasteiger partial charge in [0.15, 0.2) is 0 Å². The Hall–Kier alpha value is -1.29. The van der Waals surface area contributed by atoms with E-state index in [1.807, 2.05) is 0 Å². The van der Waals surface area contributed by atoms with Crippen molar-refractivity contribution in [2.24, 2.45) is 0 Å². The molecule has 0 saturated heterocycles. The Morgan fingerprint density at radius 1 is 1.70 bits per heavy atom. The van der Waals surface area contributed by atoms with Crippen molar-refractivity contribution in [2.45, 2.75) is 6.92 Å². The molecule has 4 heteroatoms. The van der Waals surface area contributed by atoms with Gasteiger partial charge >= 0.3 is 5.97 Å². The van der Waals surface area contributed by atoms with Crippen molar-refractivity contribution in [3.63, 3.8) is 0 Å². The molecular weight excluding hydrogens is 136 g/mol. The molecule has 0 aliphatic carbocycles. The topological polar surface area (TPSA) is 81.9 Å². The van der Waals surface area contributed by atoms with Crippen LogP contribution >= 0.6 is 0 Å². The first-order chi connectivity index (χ1) is 4.22. The minimum absolute atomic E-state index is 0. The largest absolute Gasteiger partial charge is 0.475 e. The third-order valence-electron chi connectivity index (χ3n) is 1.06. The molecule has 1 rings (SSSR count). The lowest BCUT2D eigenvalue weighted by Crippen LogP contribution is -1.94. The maximum Gasteiger partial charge on any atom is 0.372 e. The van der Waals surface area contributed by atoms with Gasteiger partial charge in [0.2, 0.25) is 5.76 Å². The number of aromatic carboxylic acids is 1. The van der Waals surface area contributed by atoms with E-state index in [4.69, 9.17) is 5.11 Å². The molecule has 0 bridgehead atoms. The van der Waals surface area contributed by atoms with Crippen molar-refractivity contribution in [3.8, 4) is 0 Å². The molecule has 1 aromatic heterocycles. The van der Waals surface area contributed by atoms with Crippen LogP contribution in [0.5, 0.6) is 0 Å². The van der Waals surface area contributed by atoms with Crippen LogP contribution < -0.4 is 0 Å². The van der Waals surface area contributed by atoms with E-state index in [9.17, 15) is 4.79 Å². The average Bonchev–Trinajstić information content (AvgIpc) is 2.13. The summed E-state index contributed by atoms with van der Waals surface area (Å²) >= 11 is 0. The number of carboxylic acids is 1. The zero-order valence-corrected chi connectivity index (χ0v) is 5.42.